The highest BCUT2D eigenvalue weighted by molar-refractivity contribution is 5.60. The van der Waals surface area contributed by atoms with E-state index in [2.05, 4.69) is 66.3 Å². The van der Waals surface area contributed by atoms with Crippen LogP contribution in [-0.4, -0.2) is 89.2 Å². The summed E-state index contributed by atoms with van der Waals surface area (Å²) in [7, 11) is 4.22. The molecule has 0 saturated carbocycles. The van der Waals surface area contributed by atoms with Crippen LogP contribution in [0.4, 0.5) is 29.1 Å². The molecule has 2 aliphatic rings. The molecular formula is C22H30N10O. The first-order valence-electron chi connectivity index (χ1n) is 11.2. The van der Waals surface area contributed by atoms with Gasteiger partial charge in [-0.2, -0.15) is 9.67 Å². The molecule has 3 aromatic rings. The predicted molar refractivity (Wildman–Crippen MR) is 128 cm³/mol. The lowest BCUT2D eigenvalue weighted by Crippen LogP contribution is -2.36. The van der Waals surface area contributed by atoms with Crippen LogP contribution in [-0.2, 0) is 4.74 Å². The van der Waals surface area contributed by atoms with Crippen molar-refractivity contribution in [2.75, 3.05) is 74.3 Å². The molecule has 0 radical (unpaired) electrons. The summed E-state index contributed by atoms with van der Waals surface area (Å²) in [5.74, 6) is 2.14. The molecule has 0 aliphatic carbocycles. The Morgan fingerprint density at radius 1 is 1.03 bits per heavy atom. The largest absolute Gasteiger partial charge is 0.378 e. The Kier molecular flexibility index (Phi) is 5.97. The van der Waals surface area contributed by atoms with E-state index in [1.54, 1.807) is 6.33 Å². The van der Waals surface area contributed by atoms with Gasteiger partial charge in [-0.3, -0.25) is 0 Å². The number of morpholine rings is 1. The van der Waals surface area contributed by atoms with E-state index < -0.39 is 0 Å². The number of likely N-dealkylation sites (N-methyl/N-ethyl adjacent to an activating group) is 1. The van der Waals surface area contributed by atoms with Crippen molar-refractivity contribution in [2.45, 2.75) is 12.5 Å². The fourth-order valence-electron chi connectivity index (χ4n) is 4.25. The quantitative estimate of drug-likeness (QED) is 0.571. The number of hydrogen-bond acceptors (Lipinski definition) is 10. The number of hydrogen-bond donors (Lipinski definition) is 2. The van der Waals surface area contributed by atoms with E-state index in [9.17, 15) is 0 Å². The second kappa shape index (κ2) is 9.20. The first-order valence-corrected chi connectivity index (χ1v) is 11.2. The Morgan fingerprint density at radius 2 is 1.79 bits per heavy atom. The molecule has 2 aromatic heterocycles. The molecule has 2 saturated heterocycles. The van der Waals surface area contributed by atoms with Gasteiger partial charge in [-0.1, -0.05) is 0 Å². The van der Waals surface area contributed by atoms with Crippen LogP contribution in [0.25, 0.3) is 5.82 Å². The zero-order valence-corrected chi connectivity index (χ0v) is 19.1. The molecule has 11 nitrogen and oxygen atoms in total. The van der Waals surface area contributed by atoms with Crippen molar-refractivity contribution in [3.8, 4) is 5.82 Å². The second-order valence-electron chi connectivity index (χ2n) is 8.56. The summed E-state index contributed by atoms with van der Waals surface area (Å²) in [4.78, 5) is 20.0. The number of benzene rings is 1. The Morgan fingerprint density at radius 3 is 2.52 bits per heavy atom. The zero-order chi connectivity index (χ0) is 22.8. The van der Waals surface area contributed by atoms with Crippen LogP contribution in [0.15, 0.2) is 36.7 Å². The number of aromatic nitrogens is 5. The average molecular weight is 451 g/mol. The molecule has 1 unspecified atom stereocenters. The number of ether oxygens (including phenoxy) is 1. The van der Waals surface area contributed by atoms with Crippen LogP contribution >= 0.6 is 0 Å². The number of nitrogens with one attached hydrogen (secondary N) is 1. The highest BCUT2D eigenvalue weighted by atomic mass is 16.5. The molecular weight excluding hydrogens is 420 g/mol. The van der Waals surface area contributed by atoms with E-state index in [1.807, 2.05) is 18.2 Å². The highest BCUT2D eigenvalue weighted by Crippen LogP contribution is 2.24. The van der Waals surface area contributed by atoms with Gasteiger partial charge in [0.2, 0.25) is 11.9 Å². The lowest BCUT2D eigenvalue weighted by atomic mass is 10.2. The van der Waals surface area contributed by atoms with Crippen molar-refractivity contribution < 1.29 is 4.74 Å². The third-order valence-electron chi connectivity index (χ3n) is 6.20. The molecule has 11 heteroatoms. The maximum absolute atomic E-state index is 6.16. The average Bonchev–Trinajstić information content (AvgIpc) is 3.48. The summed E-state index contributed by atoms with van der Waals surface area (Å²) in [5, 5.41) is 7.75. The molecule has 4 heterocycles. The number of anilines is 5. The smallest absolute Gasteiger partial charge is 0.248 e. The molecule has 0 bridgehead atoms. The minimum atomic E-state index is 0.264. The van der Waals surface area contributed by atoms with Gasteiger partial charge in [0.1, 0.15) is 12.1 Å². The Balaban J connectivity index is 1.29. The van der Waals surface area contributed by atoms with Gasteiger partial charge in [-0.25, -0.2) is 9.97 Å². The first-order chi connectivity index (χ1) is 16.1. The predicted octanol–water partition coefficient (Wildman–Crippen LogP) is 1.36. The maximum atomic E-state index is 6.16. The summed E-state index contributed by atoms with van der Waals surface area (Å²) in [6, 6.07) is 10.6. The van der Waals surface area contributed by atoms with Crippen LogP contribution in [0, 0.1) is 0 Å². The molecule has 33 heavy (non-hydrogen) atoms. The van der Waals surface area contributed by atoms with Crippen LogP contribution in [0.5, 0.6) is 0 Å². The van der Waals surface area contributed by atoms with Crippen molar-refractivity contribution in [2.24, 2.45) is 0 Å². The monoisotopic (exact) mass is 450 g/mol. The van der Waals surface area contributed by atoms with Crippen LogP contribution in [0.1, 0.15) is 6.42 Å². The number of nitrogens with two attached hydrogens (primary N) is 1. The van der Waals surface area contributed by atoms with Gasteiger partial charge in [-0.05, 0) is 44.8 Å². The van der Waals surface area contributed by atoms with Crippen molar-refractivity contribution in [1.29, 1.82) is 0 Å². The molecule has 2 fully saturated rings. The molecule has 1 atom stereocenters. The lowest BCUT2D eigenvalue weighted by molar-refractivity contribution is 0.122. The maximum Gasteiger partial charge on any atom is 0.248 e. The van der Waals surface area contributed by atoms with Gasteiger partial charge in [0.25, 0.3) is 0 Å². The Bertz CT molecular complexity index is 1080. The van der Waals surface area contributed by atoms with Gasteiger partial charge >= 0.3 is 0 Å². The van der Waals surface area contributed by atoms with Crippen LogP contribution in [0.2, 0.25) is 0 Å². The van der Waals surface area contributed by atoms with Gasteiger partial charge in [0.05, 0.1) is 13.2 Å². The molecule has 1 aromatic carbocycles. The van der Waals surface area contributed by atoms with E-state index in [4.69, 9.17) is 10.5 Å². The van der Waals surface area contributed by atoms with Gasteiger partial charge < -0.3 is 30.5 Å². The second-order valence-corrected chi connectivity index (χ2v) is 8.56. The van der Waals surface area contributed by atoms with Gasteiger partial charge in [0.15, 0.2) is 5.82 Å². The van der Waals surface area contributed by atoms with Crippen molar-refractivity contribution in [3.05, 3.63) is 36.7 Å². The summed E-state index contributed by atoms with van der Waals surface area (Å²) >= 11 is 0. The topological polar surface area (TPSA) is 113 Å². The number of nitrogens with zero attached hydrogens (tertiary/aromatic N) is 8. The fourth-order valence-corrected chi connectivity index (χ4v) is 4.25. The number of nitrogen functional groups attached to an aromatic ring is 1. The minimum Gasteiger partial charge on any atom is -0.378 e. The molecule has 0 amide bonds. The highest BCUT2D eigenvalue weighted by Gasteiger charge is 2.25. The van der Waals surface area contributed by atoms with Crippen molar-refractivity contribution in [1.82, 2.24) is 29.6 Å². The molecule has 2 aliphatic heterocycles. The third-order valence-corrected chi connectivity index (χ3v) is 6.20. The van der Waals surface area contributed by atoms with Crippen LogP contribution < -0.4 is 20.9 Å². The van der Waals surface area contributed by atoms with Gasteiger partial charge in [0, 0.05) is 49.7 Å². The molecule has 0 spiro atoms. The van der Waals surface area contributed by atoms with Crippen molar-refractivity contribution >= 4 is 29.1 Å². The standard InChI is InChI=1S/C22H30N10O/c1-29(2)18-7-8-31(14-18)19-13-20(25-15-24-19)32-21(23)27-22(28-32)26-16-3-5-17(6-4-16)30-9-11-33-12-10-30/h3-6,13,15,18H,7-12,14H2,1-2H3,(H3,23,26,27,28). The third kappa shape index (κ3) is 4.69. The summed E-state index contributed by atoms with van der Waals surface area (Å²) in [5.41, 5.74) is 8.23. The van der Waals surface area contributed by atoms with E-state index >= 15 is 0 Å². The molecule has 3 N–H and O–H groups in total. The van der Waals surface area contributed by atoms with E-state index in [0.717, 1.165) is 57.3 Å². The minimum absolute atomic E-state index is 0.264. The van der Waals surface area contributed by atoms with Crippen molar-refractivity contribution in [3.63, 3.8) is 0 Å². The van der Waals surface area contributed by atoms with E-state index in [0.29, 0.717) is 17.8 Å². The number of rotatable bonds is 6. The summed E-state index contributed by atoms with van der Waals surface area (Å²) in [6.07, 6.45) is 2.66. The normalized spacial score (nSPS) is 18.8. The SMILES string of the molecule is CN(C)C1CCN(c2cc(-n3nc(Nc4ccc(N5CCOCC5)cc4)nc3N)ncn2)C1. The summed E-state index contributed by atoms with van der Waals surface area (Å²) < 4.78 is 6.96. The van der Waals surface area contributed by atoms with Gasteiger partial charge in [-0.15, -0.1) is 5.10 Å². The van der Waals surface area contributed by atoms with E-state index in [-0.39, 0.29) is 5.95 Å². The first kappa shape index (κ1) is 21.4. The Labute approximate surface area is 193 Å². The lowest BCUT2D eigenvalue weighted by Gasteiger charge is -2.28. The van der Waals surface area contributed by atoms with E-state index in [1.165, 1.54) is 10.4 Å². The fraction of sp³-hybridized carbons (Fsp3) is 0.455. The van der Waals surface area contributed by atoms with Crippen LogP contribution in [0.3, 0.4) is 0 Å². The molecule has 174 valence electrons. The zero-order valence-electron chi connectivity index (χ0n) is 19.1. The Hall–Kier alpha value is -3.44. The molecule has 5 rings (SSSR count). The summed E-state index contributed by atoms with van der Waals surface area (Å²) in [6.45, 7) is 5.23.